The van der Waals surface area contributed by atoms with Gasteiger partial charge >= 0.3 is 6.03 Å². The number of hydrazone groups is 1. The first-order valence-corrected chi connectivity index (χ1v) is 9.48. The average Bonchev–Trinajstić information content (AvgIpc) is 3.10. The van der Waals surface area contributed by atoms with Crippen LogP contribution < -0.4 is 5.32 Å². The van der Waals surface area contributed by atoms with Crippen LogP contribution in [0.5, 0.6) is 0 Å². The summed E-state index contributed by atoms with van der Waals surface area (Å²) in [4.78, 5) is 12.9. The summed E-state index contributed by atoms with van der Waals surface area (Å²) in [6, 6.07) is 27.0. The number of nitrogens with one attached hydrogen (secondary N) is 1. The Kier molecular flexibility index (Phi) is 4.88. The van der Waals surface area contributed by atoms with Crippen molar-refractivity contribution in [2.75, 3.05) is 11.9 Å². The predicted molar refractivity (Wildman–Crippen MR) is 114 cm³/mol. The first-order chi connectivity index (χ1) is 13.6. The zero-order valence-corrected chi connectivity index (χ0v) is 16.2. The fourth-order valence-electron chi connectivity index (χ4n) is 3.49. The Morgan fingerprint density at radius 3 is 2.21 bits per heavy atom. The average molecular weight is 390 g/mol. The number of amides is 2. The van der Waals surface area contributed by atoms with Gasteiger partial charge in [-0.2, -0.15) is 5.10 Å². The molecule has 1 aliphatic rings. The molecule has 0 saturated heterocycles. The summed E-state index contributed by atoms with van der Waals surface area (Å²) >= 11 is 5.92. The standard InChI is InChI=1S/C23H20ClN3O/c1-23(18-10-6-3-7-11-18)16-27(26-21(23)17-8-4-2-5-9-17)22(28)25-20-14-12-19(24)13-15-20/h2-15H,16H2,1H3,(H,25,28). The van der Waals surface area contributed by atoms with Crippen LogP contribution in [0.4, 0.5) is 10.5 Å². The lowest BCUT2D eigenvalue weighted by molar-refractivity contribution is 0.214. The van der Waals surface area contributed by atoms with Gasteiger partial charge in [-0.05, 0) is 42.3 Å². The summed E-state index contributed by atoms with van der Waals surface area (Å²) in [6.07, 6.45) is 0. The van der Waals surface area contributed by atoms with Crippen LogP contribution in [0.1, 0.15) is 18.1 Å². The zero-order chi connectivity index (χ0) is 19.6. The van der Waals surface area contributed by atoms with E-state index < -0.39 is 5.41 Å². The molecule has 0 radical (unpaired) electrons. The molecule has 3 aromatic carbocycles. The number of nitrogens with zero attached hydrogens (tertiary/aromatic N) is 2. The number of benzene rings is 3. The van der Waals surface area contributed by atoms with Crippen LogP contribution in [0.25, 0.3) is 0 Å². The molecule has 140 valence electrons. The molecular formula is C23H20ClN3O. The third kappa shape index (κ3) is 3.51. The number of rotatable bonds is 3. The number of anilines is 1. The zero-order valence-electron chi connectivity index (χ0n) is 15.5. The van der Waals surface area contributed by atoms with Crippen molar-refractivity contribution in [1.82, 2.24) is 5.01 Å². The minimum absolute atomic E-state index is 0.268. The number of hydrogen-bond donors (Lipinski definition) is 1. The van der Waals surface area contributed by atoms with Crippen LogP contribution in [0, 0.1) is 0 Å². The van der Waals surface area contributed by atoms with E-state index in [0.717, 1.165) is 16.8 Å². The van der Waals surface area contributed by atoms with Gasteiger partial charge in [0.2, 0.25) is 0 Å². The van der Waals surface area contributed by atoms with E-state index in [1.165, 1.54) is 5.01 Å². The van der Waals surface area contributed by atoms with E-state index in [-0.39, 0.29) is 6.03 Å². The fraction of sp³-hybridized carbons (Fsp3) is 0.130. The molecule has 0 bridgehead atoms. The van der Waals surface area contributed by atoms with Gasteiger partial charge in [0, 0.05) is 10.7 Å². The Labute approximate surface area is 169 Å². The van der Waals surface area contributed by atoms with Gasteiger partial charge in [-0.3, -0.25) is 0 Å². The summed E-state index contributed by atoms with van der Waals surface area (Å²) in [7, 11) is 0. The molecule has 0 saturated carbocycles. The van der Waals surface area contributed by atoms with Crippen molar-refractivity contribution in [2.24, 2.45) is 5.10 Å². The van der Waals surface area contributed by atoms with Crippen LogP contribution in [-0.2, 0) is 5.41 Å². The minimum Gasteiger partial charge on any atom is -0.306 e. The van der Waals surface area contributed by atoms with Gasteiger partial charge < -0.3 is 5.32 Å². The lowest BCUT2D eigenvalue weighted by Crippen LogP contribution is -2.38. The molecule has 4 rings (SSSR count). The van der Waals surface area contributed by atoms with E-state index in [0.29, 0.717) is 17.3 Å². The molecule has 1 N–H and O–H groups in total. The van der Waals surface area contributed by atoms with Gasteiger partial charge in [0.25, 0.3) is 0 Å². The third-order valence-corrected chi connectivity index (χ3v) is 5.25. The monoisotopic (exact) mass is 389 g/mol. The molecule has 2 amide bonds. The molecule has 1 aliphatic heterocycles. The van der Waals surface area contributed by atoms with Crippen LogP contribution in [-0.4, -0.2) is 23.3 Å². The number of carbonyl (C=O) groups excluding carboxylic acids is 1. The molecule has 1 atom stereocenters. The highest BCUT2D eigenvalue weighted by molar-refractivity contribution is 6.30. The van der Waals surface area contributed by atoms with Gasteiger partial charge in [0.1, 0.15) is 0 Å². The Morgan fingerprint density at radius 2 is 1.57 bits per heavy atom. The normalized spacial score (nSPS) is 18.6. The number of halogens is 1. The van der Waals surface area contributed by atoms with Crippen molar-refractivity contribution >= 4 is 29.0 Å². The van der Waals surface area contributed by atoms with E-state index in [4.69, 9.17) is 16.7 Å². The maximum atomic E-state index is 12.9. The molecule has 3 aromatic rings. The lowest BCUT2D eigenvalue weighted by atomic mass is 9.76. The topological polar surface area (TPSA) is 44.7 Å². The summed E-state index contributed by atoms with van der Waals surface area (Å²) in [5.41, 5.74) is 3.29. The van der Waals surface area contributed by atoms with Gasteiger partial charge in [-0.25, -0.2) is 9.80 Å². The van der Waals surface area contributed by atoms with Gasteiger partial charge in [0.05, 0.1) is 17.7 Å². The Balaban J connectivity index is 1.67. The number of hydrogen-bond acceptors (Lipinski definition) is 2. The van der Waals surface area contributed by atoms with E-state index in [1.807, 2.05) is 48.5 Å². The Bertz CT molecular complexity index is 1000. The van der Waals surface area contributed by atoms with Crippen LogP contribution >= 0.6 is 11.6 Å². The van der Waals surface area contributed by atoms with Gasteiger partial charge in [0.15, 0.2) is 0 Å². The first kappa shape index (κ1) is 18.3. The van der Waals surface area contributed by atoms with Gasteiger partial charge in [-0.15, -0.1) is 0 Å². The molecule has 0 aromatic heterocycles. The van der Waals surface area contributed by atoms with E-state index in [2.05, 4.69) is 24.4 Å². The maximum absolute atomic E-state index is 12.9. The van der Waals surface area contributed by atoms with Crippen molar-refractivity contribution in [1.29, 1.82) is 0 Å². The second-order valence-electron chi connectivity index (χ2n) is 7.01. The smallest absolute Gasteiger partial charge is 0.306 e. The Hall–Kier alpha value is -3.11. The maximum Gasteiger partial charge on any atom is 0.342 e. The van der Waals surface area contributed by atoms with Crippen molar-refractivity contribution in [3.8, 4) is 0 Å². The SMILES string of the molecule is CC1(c2ccccc2)CN(C(=O)Nc2ccc(Cl)cc2)N=C1c1ccccc1. The molecule has 4 nitrogen and oxygen atoms in total. The van der Waals surface area contributed by atoms with E-state index in [9.17, 15) is 4.79 Å². The highest BCUT2D eigenvalue weighted by Gasteiger charge is 2.42. The largest absolute Gasteiger partial charge is 0.342 e. The predicted octanol–water partition coefficient (Wildman–Crippen LogP) is 5.55. The third-order valence-electron chi connectivity index (χ3n) is 5.00. The fourth-order valence-corrected chi connectivity index (χ4v) is 3.61. The number of urea groups is 1. The van der Waals surface area contributed by atoms with Crippen LogP contribution in [0.3, 0.4) is 0 Å². The number of carbonyl (C=O) groups is 1. The highest BCUT2D eigenvalue weighted by atomic mass is 35.5. The molecule has 28 heavy (non-hydrogen) atoms. The van der Waals surface area contributed by atoms with Crippen molar-refractivity contribution in [3.05, 3.63) is 101 Å². The summed E-state index contributed by atoms with van der Waals surface area (Å²) in [5, 5.41) is 9.74. The molecule has 1 unspecified atom stereocenters. The second-order valence-corrected chi connectivity index (χ2v) is 7.44. The summed E-state index contributed by atoms with van der Waals surface area (Å²) in [5.74, 6) is 0. The first-order valence-electron chi connectivity index (χ1n) is 9.10. The molecular weight excluding hydrogens is 370 g/mol. The van der Waals surface area contributed by atoms with Gasteiger partial charge in [-0.1, -0.05) is 72.3 Å². The molecule has 5 heteroatoms. The van der Waals surface area contributed by atoms with E-state index in [1.54, 1.807) is 24.3 Å². The van der Waals surface area contributed by atoms with Crippen LogP contribution in [0.2, 0.25) is 5.02 Å². The molecule has 0 aliphatic carbocycles. The molecule has 1 heterocycles. The Morgan fingerprint density at radius 1 is 0.964 bits per heavy atom. The summed E-state index contributed by atoms with van der Waals surface area (Å²) in [6.45, 7) is 2.59. The van der Waals surface area contributed by atoms with Crippen molar-refractivity contribution in [3.63, 3.8) is 0 Å². The van der Waals surface area contributed by atoms with Crippen molar-refractivity contribution < 1.29 is 4.79 Å². The molecule has 0 fully saturated rings. The summed E-state index contributed by atoms with van der Waals surface area (Å²) < 4.78 is 0. The van der Waals surface area contributed by atoms with Crippen molar-refractivity contribution in [2.45, 2.75) is 12.3 Å². The van der Waals surface area contributed by atoms with Crippen LogP contribution in [0.15, 0.2) is 90.0 Å². The van der Waals surface area contributed by atoms with E-state index >= 15 is 0 Å². The second kappa shape index (κ2) is 7.49. The minimum atomic E-state index is -0.403. The lowest BCUT2D eigenvalue weighted by Gasteiger charge is -2.27. The highest BCUT2D eigenvalue weighted by Crippen LogP contribution is 2.35. The quantitative estimate of drug-likeness (QED) is 0.627. The molecule has 0 spiro atoms.